The molecule has 0 heterocycles. The minimum Gasteiger partial charge on any atom is -0.465 e. The number of hydrogen-bond acceptors (Lipinski definition) is 5. The van der Waals surface area contributed by atoms with Crippen LogP contribution in [0.5, 0.6) is 0 Å². The lowest BCUT2D eigenvalue weighted by atomic mass is 10.1. The van der Waals surface area contributed by atoms with Crippen molar-refractivity contribution < 1.29 is 22.7 Å². The number of halogens is 2. The highest BCUT2D eigenvalue weighted by Gasteiger charge is 2.21. The van der Waals surface area contributed by atoms with E-state index in [4.69, 9.17) is 27.9 Å². The van der Waals surface area contributed by atoms with Crippen LogP contribution < -0.4 is 9.62 Å². The van der Waals surface area contributed by atoms with Gasteiger partial charge < -0.3 is 10.1 Å². The maximum Gasteiger partial charge on any atom is 0.339 e. The van der Waals surface area contributed by atoms with Crippen molar-refractivity contribution in [3.05, 3.63) is 58.1 Å². The number of ether oxygens (including phenoxy) is 1. The molecule has 0 unspecified atom stereocenters. The summed E-state index contributed by atoms with van der Waals surface area (Å²) in [6.45, 7) is 0.0327. The Morgan fingerprint density at radius 2 is 1.83 bits per heavy atom. The maximum atomic E-state index is 12.3. The number of rotatable bonds is 8. The van der Waals surface area contributed by atoms with Crippen LogP contribution in [0.15, 0.2) is 42.5 Å². The molecule has 29 heavy (non-hydrogen) atoms. The molecule has 0 spiro atoms. The zero-order valence-corrected chi connectivity index (χ0v) is 18.1. The first-order valence-electron chi connectivity index (χ1n) is 8.53. The number of anilines is 2. The second kappa shape index (κ2) is 9.96. The van der Waals surface area contributed by atoms with Gasteiger partial charge in [0, 0.05) is 18.0 Å². The molecule has 2 rings (SSSR count). The van der Waals surface area contributed by atoms with E-state index in [1.807, 2.05) is 0 Å². The molecule has 0 aliphatic heterocycles. The van der Waals surface area contributed by atoms with Crippen LogP contribution in [0, 0.1) is 0 Å². The minimum atomic E-state index is -3.64. The Bertz CT molecular complexity index is 1010. The van der Waals surface area contributed by atoms with Crippen LogP contribution in [0.1, 0.15) is 23.2 Å². The second-order valence-electron chi connectivity index (χ2n) is 6.12. The highest BCUT2D eigenvalue weighted by Crippen LogP contribution is 2.31. The topological polar surface area (TPSA) is 92.8 Å². The van der Waals surface area contributed by atoms with Gasteiger partial charge in [0.25, 0.3) is 0 Å². The van der Waals surface area contributed by atoms with Crippen LogP contribution in [0.25, 0.3) is 0 Å². The first-order valence-corrected chi connectivity index (χ1v) is 11.1. The Labute approximate surface area is 179 Å². The van der Waals surface area contributed by atoms with Gasteiger partial charge in [0.05, 0.1) is 35.3 Å². The number of hydrogen-bond donors (Lipinski definition) is 1. The number of sulfonamides is 1. The van der Waals surface area contributed by atoms with Gasteiger partial charge in [-0.2, -0.15) is 0 Å². The lowest BCUT2D eigenvalue weighted by molar-refractivity contribution is -0.116. The molecule has 0 fully saturated rings. The Morgan fingerprint density at radius 1 is 1.14 bits per heavy atom. The van der Waals surface area contributed by atoms with Crippen molar-refractivity contribution in [1.29, 1.82) is 0 Å². The third kappa shape index (κ3) is 6.35. The van der Waals surface area contributed by atoms with Gasteiger partial charge in [-0.05, 0) is 36.8 Å². The third-order valence-electron chi connectivity index (χ3n) is 3.95. The zero-order chi connectivity index (χ0) is 21.6. The number of carbonyl (C=O) groups is 2. The van der Waals surface area contributed by atoms with E-state index in [1.54, 1.807) is 24.3 Å². The molecule has 0 aliphatic rings. The average molecular weight is 459 g/mol. The molecule has 0 saturated heterocycles. The van der Waals surface area contributed by atoms with E-state index in [-0.39, 0.29) is 41.6 Å². The molecule has 0 saturated carbocycles. The monoisotopic (exact) mass is 458 g/mol. The fourth-order valence-electron chi connectivity index (χ4n) is 2.62. The quantitative estimate of drug-likeness (QED) is 0.604. The highest BCUT2D eigenvalue weighted by molar-refractivity contribution is 7.92. The van der Waals surface area contributed by atoms with E-state index < -0.39 is 16.0 Å². The third-order valence-corrected chi connectivity index (χ3v) is 5.68. The van der Waals surface area contributed by atoms with E-state index in [1.165, 1.54) is 25.3 Å². The first kappa shape index (κ1) is 23.0. The van der Waals surface area contributed by atoms with Gasteiger partial charge in [0.15, 0.2) is 0 Å². The predicted octanol–water partition coefficient (Wildman–Crippen LogP) is 3.96. The van der Waals surface area contributed by atoms with E-state index >= 15 is 0 Å². The Hall–Kier alpha value is -2.29. The van der Waals surface area contributed by atoms with E-state index in [0.29, 0.717) is 10.7 Å². The van der Waals surface area contributed by atoms with Gasteiger partial charge in [0.2, 0.25) is 15.9 Å². The molecule has 0 atom stereocenters. The van der Waals surface area contributed by atoms with Crippen LogP contribution in [-0.4, -0.2) is 40.2 Å². The number of para-hydroxylation sites is 1. The van der Waals surface area contributed by atoms with Crippen LogP contribution >= 0.6 is 23.2 Å². The molecule has 10 heteroatoms. The van der Waals surface area contributed by atoms with Crippen LogP contribution in [0.2, 0.25) is 10.0 Å². The lowest BCUT2D eigenvalue weighted by Gasteiger charge is -2.23. The van der Waals surface area contributed by atoms with E-state index in [2.05, 4.69) is 5.32 Å². The minimum absolute atomic E-state index is 0.0275. The number of amides is 1. The molecule has 0 aliphatic carbocycles. The van der Waals surface area contributed by atoms with Crippen LogP contribution in [-0.2, 0) is 19.6 Å². The maximum absolute atomic E-state index is 12.3. The Morgan fingerprint density at radius 3 is 2.48 bits per heavy atom. The van der Waals surface area contributed by atoms with E-state index in [9.17, 15) is 18.0 Å². The van der Waals surface area contributed by atoms with Gasteiger partial charge in [-0.3, -0.25) is 9.10 Å². The van der Waals surface area contributed by atoms with Crippen molar-refractivity contribution in [2.75, 3.05) is 29.5 Å². The molecule has 1 N–H and O–H groups in total. The van der Waals surface area contributed by atoms with Gasteiger partial charge in [-0.15, -0.1) is 0 Å². The van der Waals surface area contributed by atoms with Gasteiger partial charge in [-0.1, -0.05) is 35.3 Å². The van der Waals surface area contributed by atoms with Crippen molar-refractivity contribution >= 4 is 56.5 Å². The molecule has 156 valence electrons. The molecule has 1 amide bonds. The summed E-state index contributed by atoms with van der Waals surface area (Å²) in [5, 5.41) is 3.22. The smallest absolute Gasteiger partial charge is 0.339 e. The Balaban J connectivity index is 2.06. The largest absolute Gasteiger partial charge is 0.465 e. The predicted molar refractivity (Wildman–Crippen MR) is 114 cm³/mol. The lowest BCUT2D eigenvalue weighted by Crippen LogP contribution is -2.31. The average Bonchev–Trinajstić information content (AvgIpc) is 2.66. The van der Waals surface area contributed by atoms with Crippen molar-refractivity contribution in [2.45, 2.75) is 12.8 Å². The van der Waals surface area contributed by atoms with Crippen LogP contribution in [0.3, 0.4) is 0 Å². The number of methoxy groups -OCH3 is 1. The molecule has 0 radical (unpaired) electrons. The summed E-state index contributed by atoms with van der Waals surface area (Å²) >= 11 is 12.1. The SMILES string of the molecule is COC(=O)c1ccccc1NC(=O)CCCN(c1cc(Cl)ccc1Cl)S(C)(=O)=O. The molecule has 2 aromatic carbocycles. The van der Waals surface area contributed by atoms with Crippen molar-refractivity contribution in [3.63, 3.8) is 0 Å². The summed E-state index contributed by atoms with van der Waals surface area (Å²) in [5.41, 5.74) is 0.798. The number of nitrogens with one attached hydrogen (secondary N) is 1. The summed E-state index contributed by atoms with van der Waals surface area (Å²) < 4.78 is 30.2. The molecule has 0 bridgehead atoms. The summed E-state index contributed by atoms with van der Waals surface area (Å²) in [4.78, 5) is 24.1. The second-order valence-corrected chi connectivity index (χ2v) is 8.87. The molecular weight excluding hydrogens is 439 g/mol. The summed E-state index contributed by atoms with van der Waals surface area (Å²) in [5.74, 6) is -0.938. The number of esters is 1. The molecule has 7 nitrogen and oxygen atoms in total. The number of benzene rings is 2. The van der Waals surface area contributed by atoms with Gasteiger partial charge in [0.1, 0.15) is 0 Å². The summed E-state index contributed by atoms with van der Waals surface area (Å²) in [7, 11) is -2.39. The number of carbonyl (C=O) groups excluding carboxylic acids is 2. The molecule has 0 aromatic heterocycles. The fraction of sp³-hybridized carbons (Fsp3) is 0.263. The van der Waals surface area contributed by atoms with Crippen molar-refractivity contribution in [1.82, 2.24) is 0 Å². The van der Waals surface area contributed by atoms with Gasteiger partial charge in [-0.25, -0.2) is 13.2 Å². The molecule has 2 aromatic rings. The zero-order valence-electron chi connectivity index (χ0n) is 15.8. The molecular formula is C19H20Cl2N2O5S. The fourth-order valence-corrected chi connectivity index (χ4v) is 4.02. The Kier molecular flexibility index (Phi) is 7.89. The summed E-state index contributed by atoms with van der Waals surface area (Å²) in [6, 6.07) is 11.0. The van der Waals surface area contributed by atoms with Gasteiger partial charge >= 0.3 is 5.97 Å². The highest BCUT2D eigenvalue weighted by atomic mass is 35.5. The van der Waals surface area contributed by atoms with Crippen molar-refractivity contribution in [2.24, 2.45) is 0 Å². The van der Waals surface area contributed by atoms with Crippen molar-refractivity contribution in [3.8, 4) is 0 Å². The number of nitrogens with zero attached hydrogens (tertiary/aromatic N) is 1. The summed E-state index contributed by atoms with van der Waals surface area (Å²) in [6.07, 6.45) is 1.30. The van der Waals surface area contributed by atoms with E-state index in [0.717, 1.165) is 10.6 Å². The standard InChI is InChI=1S/C19H20Cl2N2O5S/c1-28-19(25)14-6-3-4-7-16(14)22-18(24)8-5-11-23(29(2,26)27)17-12-13(20)9-10-15(17)21/h3-4,6-7,9-10,12H,5,8,11H2,1-2H3,(H,22,24). The first-order chi connectivity index (χ1) is 13.6. The van der Waals surface area contributed by atoms with Crippen LogP contribution in [0.4, 0.5) is 11.4 Å². The normalized spacial score (nSPS) is 11.0.